The molecule has 0 spiro atoms. The molecule has 25 heavy (non-hydrogen) atoms. The van der Waals surface area contributed by atoms with Gasteiger partial charge < -0.3 is 10.1 Å². The van der Waals surface area contributed by atoms with E-state index in [0.29, 0.717) is 40.7 Å². The van der Waals surface area contributed by atoms with E-state index in [4.69, 9.17) is 27.9 Å². The first-order valence-electron chi connectivity index (χ1n) is 7.92. The van der Waals surface area contributed by atoms with E-state index < -0.39 is 5.97 Å². The summed E-state index contributed by atoms with van der Waals surface area (Å²) in [6.07, 6.45) is 0.834. The van der Waals surface area contributed by atoms with Crippen molar-refractivity contribution in [3.8, 4) is 0 Å². The van der Waals surface area contributed by atoms with E-state index in [2.05, 4.69) is 5.32 Å². The molecule has 1 N–H and O–H groups in total. The highest BCUT2D eigenvalue weighted by Gasteiger charge is 2.11. The molecule has 0 unspecified atom stereocenters. The SMILES string of the molecule is CCOC(=O)c1ccc(C)c(NC(=O)CCc2ccc(Cl)c(Cl)c2)c1. The molecule has 0 bridgehead atoms. The van der Waals surface area contributed by atoms with Gasteiger partial charge in [-0.15, -0.1) is 0 Å². The van der Waals surface area contributed by atoms with Crippen molar-refractivity contribution in [2.45, 2.75) is 26.7 Å². The van der Waals surface area contributed by atoms with Crippen molar-refractivity contribution < 1.29 is 14.3 Å². The summed E-state index contributed by atoms with van der Waals surface area (Å²) in [6.45, 7) is 3.92. The van der Waals surface area contributed by atoms with Crippen LogP contribution in [0.15, 0.2) is 36.4 Å². The number of halogens is 2. The average molecular weight is 380 g/mol. The van der Waals surface area contributed by atoms with E-state index in [9.17, 15) is 9.59 Å². The van der Waals surface area contributed by atoms with Gasteiger partial charge in [0.25, 0.3) is 0 Å². The molecule has 0 aliphatic heterocycles. The molecular weight excluding hydrogens is 361 g/mol. The summed E-state index contributed by atoms with van der Waals surface area (Å²) in [4.78, 5) is 24.0. The van der Waals surface area contributed by atoms with Crippen molar-refractivity contribution in [1.29, 1.82) is 0 Å². The summed E-state index contributed by atoms with van der Waals surface area (Å²) in [5, 5.41) is 3.80. The molecule has 0 heterocycles. The Labute approximate surface area is 157 Å². The minimum Gasteiger partial charge on any atom is -0.462 e. The van der Waals surface area contributed by atoms with Crippen molar-refractivity contribution in [3.05, 3.63) is 63.1 Å². The maximum atomic E-state index is 12.2. The minimum atomic E-state index is -0.409. The first-order valence-corrected chi connectivity index (χ1v) is 8.68. The number of ether oxygens (including phenoxy) is 1. The third-order valence-electron chi connectivity index (χ3n) is 3.65. The molecule has 0 saturated heterocycles. The summed E-state index contributed by atoms with van der Waals surface area (Å²) in [5.74, 6) is -0.552. The summed E-state index contributed by atoms with van der Waals surface area (Å²) >= 11 is 11.9. The summed E-state index contributed by atoms with van der Waals surface area (Å²) < 4.78 is 4.98. The van der Waals surface area contributed by atoms with Crippen molar-refractivity contribution in [2.24, 2.45) is 0 Å². The first kappa shape index (κ1) is 19.3. The Balaban J connectivity index is 2.00. The quantitative estimate of drug-likeness (QED) is 0.714. The second kappa shape index (κ2) is 8.88. The van der Waals surface area contributed by atoms with Crippen molar-refractivity contribution in [1.82, 2.24) is 0 Å². The molecule has 132 valence electrons. The molecule has 0 aliphatic carbocycles. The fourth-order valence-corrected chi connectivity index (χ4v) is 2.58. The van der Waals surface area contributed by atoms with E-state index in [0.717, 1.165) is 11.1 Å². The molecule has 0 fully saturated rings. The second-order valence-corrected chi connectivity index (χ2v) is 6.36. The van der Waals surface area contributed by atoms with Crippen LogP contribution in [0.3, 0.4) is 0 Å². The zero-order valence-electron chi connectivity index (χ0n) is 14.1. The van der Waals surface area contributed by atoms with E-state index in [1.165, 1.54) is 0 Å². The van der Waals surface area contributed by atoms with Crippen LogP contribution in [-0.4, -0.2) is 18.5 Å². The van der Waals surface area contributed by atoms with Gasteiger partial charge in [0.2, 0.25) is 5.91 Å². The van der Waals surface area contributed by atoms with Crippen molar-refractivity contribution in [3.63, 3.8) is 0 Å². The molecule has 1 amide bonds. The van der Waals surface area contributed by atoms with Crippen molar-refractivity contribution >= 4 is 40.8 Å². The lowest BCUT2D eigenvalue weighted by atomic mass is 10.1. The Hall–Kier alpha value is -2.04. The van der Waals surface area contributed by atoms with Crippen LogP contribution in [0.5, 0.6) is 0 Å². The smallest absolute Gasteiger partial charge is 0.338 e. The van der Waals surface area contributed by atoms with Crippen LogP contribution < -0.4 is 5.32 Å². The van der Waals surface area contributed by atoms with E-state index >= 15 is 0 Å². The molecule has 0 atom stereocenters. The molecule has 2 aromatic rings. The van der Waals surface area contributed by atoms with Crippen LogP contribution in [-0.2, 0) is 16.0 Å². The highest BCUT2D eigenvalue weighted by molar-refractivity contribution is 6.42. The number of carbonyl (C=O) groups excluding carboxylic acids is 2. The fourth-order valence-electron chi connectivity index (χ4n) is 2.26. The molecular formula is C19H19Cl2NO3. The zero-order valence-corrected chi connectivity index (χ0v) is 15.6. The molecule has 0 radical (unpaired) electrons. The number of rotatable bonds is 6. The van der Waals surface area contributed by atoms with Gasteiger partial charge in [0.15, 0.2) is 0 Å². The monoisotopic (exact) mass is 379 g/mol. The van der Waals surface area contributed by atoms with Gasteiger partial charge in [0, 0.05) is 12.1 Å². The van der Waals surface area contributed by atoms with E-state index in [1.807, 2.05) is 13.0 Å². The Morgan fingerprint density at radius 2 is 1.84 bits per heavy atom. The lowest BCUT2D eigenvalue weighted by molar-refractivity contribution is -0.116. The van der Waals surface area contributed by atoms with Crippen molar-refractivity contribution in [2.75, 3.05) is 11.9 Å². The Bertz CT molecular complexity index is 790. The predicted octanol–water partition coefficient (Wildman–Crippen LogP) is 5.05. The Morgan fingerprint density at radius 3 is 2.52 bits per heavy atom. The van der Waals surface area contributed by atoms with Gasteiger partial charge in [-0.05, 0) is 55.7 Å². The van der Waals surface area contributed by atoms with Gasteiger partial charge in [0.05, 0.1) is 22.2 Å². The highest BCUT2D eigenvalue weighted by atomic mass is 35.5. The van der Waals surface area contributed by atoms with Crippen LogP contribution in [0.2, 0.25) is 10.0 Å². The molecule has 0 saturated carbocycles. The van der Waals surface area contributed by atoms with Crippen LogP contribution in [0.4, 0.5) is 5.69 Å². The summed E-state index contributed by atoms with van der Waals surface area (Å²) in [5.41, 5.74) is 2.81. The molecule has 4 nitrogen and oxygen atoms in total. The van der Waals surface area contributed by atoms with Crippen LogP contribution in [0, 0.1) is 6.92 Å². The predicted molar refractivity (Wildman–Crippen MR) is 101 cm³/mol. The van der Waals surface area contributed by atoms with E-state index in [1.54, 1.807) is 37.3 Å². The third-order valence-corrected chi connectivity index (χ3v) is 4.39. The number of esters is 1. The van der Waals surface area contributed by atoms with Gasteiger partial charge in [-0.25, -0.2) is 4.79 Å². The Morgan fingerprint density at radius 1 is 1.08 bits per heavy atom. The average Bonchev–Trinajstić information content (AvgIpc) is 2.58. The number of hydrogen-bond donors (Lipinski definition) is 1. The number of aryl methyl sites for hydroxylation is 2. The maximum Gasteiger partial charge on any atom is 0.338 e. The van der Waals surface area contributed by atoms with Crippen LogP contribution in [0.25, 0.3) is 0 Å². The number of hydrogen-bond acceptors (Lipinski definition) is 3. The standard InChI is InChI=1S/C19H19Cl2NO3/c1-3-25-19(24)14-7-4-12(2)17(11-14)22-18(23)9-6-13-5-8-15(20)16(21)10-13/h4-5,7-8,10-11H,3,6,9H2,1-2H3,(H,22,23). The number of anilines is 1. The third kappa shape index (κ3) is 5.48. The normalized spacial score (nSPS) is 10.4. The largest absolute Gasteiger partial charge is 0.462 e. The van der Waals surface area contributed by atoms with Crippen LogP contribution >= 0.6 is 23.2 Å². The number of amides is 1. The molecule has 0 aliphatic rings. The summed E-state index contributed by atoms with van der Waals surface area (Å²) in [7, 11) is 0. The highest BCUT2D eigenvalue weighted by Crippen LogP contribution is 2.23. The van der Waals surface area contributed by atoms with Gasteiger partial charge >= 0.3 is 5.97 Å². The lowest BCUT2D eigenvalue weighted by Crippen LogP contribution is -2.14. The molecule has 0 aromatic heterocycles. The zero-order chi connectivity index (χ0) is 18.4. The van der Waals surface area contributed by atoms with Gasteiger partial charge in [-0.1, -0.05) is 35.3 Å². The second-order valence-electron chi connectivity index (χ2n) is 5.55. The van der Waals surface area contributed by atoms with E-state index in [-0.39, 0.29) is 5.91 Å². The van der Waals surface area contributed by atoms with Gasteiger partial charge in [-0.2, -0.15) is 0 Å². The maximum absolute atomic E-state index is 12.2. The first-order chi connectivity index (χ1) is 11.9. The molecule has 2 aromatic carbocycles. The van der Waals surface area contributed by atoms with Crippen LogP contribution in [0.1, 0.15) is 34.8 Å². The fraction of sp³-hybridized carbons (Fsp3) is 0.263. The number of benzene rings is 2. The number of nitrogens with one attached hydrogen (secondary N) is 1. The summed E-state index contributed by atoms with van der Waals surface area (Å²) in [6, 6.07) is 10.4. The van der Waals surface area contributed by atoms with Gasteiger partial charge in [-0.3, -0.25) is 4.79 Å². The molecule has 6 heteroatoms. The van der Waals surface area contributed by atoms with Gasteiger partial charge in [0.1, 0.15) is 0 Å². The topological polar surface area (TPSA) is 55.4 Å². The molecule has 2 rings (SSSR count). The Kier molecular flexibility index (Phi) is 6.85. The minimum absolute atomic E-state index is 0.143. The number of carbonyl (C=O) groups is 2. The lowest BCUT2D eigenvalue weighted by Gasteiger charge is -2.10.